The zero-order valence-corrected chi connectivity index (χ0v) is 11.0. The Labute approximate surface area is 108 Å². The highest BCUT2D eigenvalue weighted by Gasteiger charge is 2.37. The molecule has 3 heteroatoms. The minimum atomic E-state index is -0.494. The molecule has 0 bridgehead atoms. The Morgan fingerprint density at radius 3 is 2.89 bits per heavy atom. The molecular formula is C15H20O3. The Morgan fingerprint density at radius 1 is 1.44 bits per heavy atom. The molecule has 2 aliphatic rings. The molecule has 2 rings (SSSR count). The second-order valence-electron chi connectivity index (χ2n) is 5.25. The van der Waals surface area contributed by atoms with Crippen LogP contribution < -0.4 is 0 Å². The molecule has 1 heterocycles. The van der Waals surface area contributed by atoms with Gasteiger partial charge >= 0.3 is 5.97 Å². The number of carbonyl (C=O) groups is 1. The van der Waals surface area contributed by atoms with Crippen molar-refractivity contribution in [2.24, 2.45) is 5.92 Å². The van der Waals surface area contributed by atoms with Gasteiger partial charge < -0.3 is 9.84 Å². The summed E-state index contributed by atoms with van der Waals surface area (Å²) in [6.07, 6.45) is 5.61. The van der Waals surface area contributed by atoms with Crippen LogP contribution in [0.3, 0.4) is 0 Å². The van der Waals surface area contributed by atoms with Crippen LogP contribution in [0, 0.1) is 5.92 Å². The summed E-state index contributed by atoms with van der Waals surface area (Å²) < 4.78 is 5.32. The van der Waals surface area contributed by atoms with E-state index < -0.39 is 6.10 Å². The third-order valence-electron chi connectivity index (χ3n) is 3.84. The van der Waals surface area contributed by atoms with Gasteiger partial charge in [0.2, 0.25) is 0 Å². The van der Waals surface area contributed by atoms with Crippen molar-refractivity contribution in [2.45, 2.75) is 45.3 Å². The third-order valence-corrected chi connectivity index (χ3v) is 3.84. The van der Waals surface area contributed by atoms with Crippen LogP contribution in [0.15, 0.2) is 35.5 Å². The van der Waals surface area contributed by atoms with Crippen molar-refractivity contribution in [3.63, 3.8) is 0 Å². The molecule has 1 saturated heterocycles. The molecule has 0 aromatic heterocycles. The zero-order valence-electron chi connectivity index (χ0n) is 11.0. The quantitative estimate of drug-likeness (QED) is 0.407. The van der Waals surface area contributed by atoms with E-state index in [9.17, 15) is 9.90 Å². The van der Waals surface area contributed by atoms with Gasteiger partial charge in [-0.3, -0.25) is 0 Å². The predicted octanol–water partition coefficient (Wildman–Crippen LogP) is 2.52. The van der Waals surface area contributed by atoms with Gasteiger partial charge in [-0.2, -0.15) is 0 Å². The fourth-order valence-corrected chi connectivity index (χ4v) is 2.47. The Morgan fingerprint density at radius 2 is 2.17 bits per heavy atom. The largest absolute Gasteiger partial charge is 0.454 e. The number of hydrogen-bond acceptors (Lipinski definition) is 3. The van der Waals surface area contributed by atoms with Crippen molar-refractivity contribution in [1.82, 2.24) is 0 Å². The average Bonchev–Trinajstić information content (AvgIpc) is 2.59. The van der Waals surface area contributed by atoms with Crippen LogP contribution in [0.1, 0.15) is 33.1 Å². The Balaban J connectivity index is 2.29. The van der Waals surface area contributed by atoms with E-state index >= 15 is 0 Å². The van der Waals surface area contributed by atoms with E-state index in [1.54, 1.807) is 0 Å². The molecule has 98 valence electrons. The van der Waals surface area contributed by atoms with Gasteiger partial charge in [-0.15, -0.1) is 0 Å². The minimum Gasteiger partial charge on any atom is -0.454 e. The van der Waals surface area contributed by atoms with E-state index in [-0.39, 0.29) is 18.0 Å². The van der Waals surface area contributed by atoms with Gasteiger partial charge in [-0.05, 0) is 44.8 Å². The molecule has 3 unspecified atom stereocenters. The molecule has 0 spiro atoms. The van der Waals surface area contributed by atoms with Crippen LogP contribution in [-0.4, -0.2) is 23.3 Å². The van der Waals surface area contributed by atoms with E-state index in [1.807, 2.05) is 13.0 Å². The number of aliphatic hydroxyl groups excluding tert-OH is 1. The molecule has 0 saturated carbocycles. The first kappa shape index (κ1) is 13.1. The van der Waals surface area contributed by atoms with Crippen LogP contribution in [0.2, 0.25) is 0 Å². The van der Waals surface area contributed by atoms with Crippen molar-refractivity contribution >= 4 is 5.97 Å². The van der Waals surface area contributed by atoms with Gasteiger partial charge in [-0.1, -0.05) is 18.2 Å². The molecule has 0 aromatic carbocycles. The fourth-order valence-electron chi connectivity index (χ4n) is 2.47. The first-order valence-corrected chi connectivity index (χ1v) is 6.41. The monoisotopic (exact) mass is 248 g/mol. The zero-order chi connectivity index (χ0) is 13.3. The van der Waals surface area contributed by atoms with Gasteiger partial charge in [0, 0.05) is 11.5 Å². The molecule has 18 heavy (non-hydrogen) atoms. The molecule has 1 fully saturated rings. The second kappa shape index (κ2) is 5.11. The lowest BCUT2D eigenvalue weighted by molar-refractivity contribution is -0.137. The Kier molecular flexibility index (Phi) is 3.71. The number of aliphatic hydroxyl groups is 1. The number of rotatable bonds is 0. The molecule has 0 radical (unpaired) electrons. The molecule has 3 nitrogen and oxygen atoms in total. The standard InChI is InChI=1S/C15H20O3/c1-9-4-6-12-11(3)15(17)18-14(12)8-10(2)13(16)7-5-9/h5,8,12-14,16H,3-4,6-7H2,1-2H3/b9-5-,10-8-. The molecule has 0 aromatic rings. The maximum atomic E-state index is 11.6. The molecule has 1 aliphatic carbocycles. The SMILES string of the molecule is C=C1C(=O)OC2/C=C(/C)C(O)C/C=C(/C)CCC12. The van der Waals surface area contributed by atoms with Crippen molar-refractivity contribution in [1.29, 1.82) is 0 Å². The van der Waals surface area contributed by atoms with Crippen molar-refractivity contribution in [3.8, 4) is 0 Å². The van der Waals surface area contributed by atoms with Gasteiger partial charge in [0.05, 0.1) is 6.10 Å². The van der Waals surface area contributed by atoms with Crippen LogP contribution in [-0.2, 0) is 9.53 Å². The van der Waals surface area contributed by atoms with Gasteiger partial charge in [-0.25, -0.2) is 4.79 Å². The lowest BCUT2D eigenvalue weighted by atomic mass is 9.88. The number of ether oxygens (including phenoxy) is 1. The van der Waals surface area contributed by atoms with Crippen LogP contribution in [0.5, 0.6) is 0 Å². The highest BCUT2D eigenvalue weighted by Crippen LogP contribution is 2.34. The van der Waals surface area contributed by atoms with Gasteiger partial charge in [0.1, 0.15) is 6.10 Å². The summed E-state index contributed by atoms with van der Waals surface area (Å²) in [5.41, 5.74) is 2.67. The Hall–Kier alpha value is -1.35. The second-order valence-corrected chi connectivity index (χ2v) is 5.25. The van der Waals surface area contributed by atoms with E-state index in [2.05, 4.69) is 19.6 Å². The number of allylic oxidation sites excluding steroid dienone is 1. The summed E-state index contributed by atoms with van der Waals surface area (Å²) in [5.74, 6) is -0.259. The lowest BCUT2D eigenvalue weighted by Gasteiger charge is -2.19. The predicted molar refractivity (Wildman–Crippen MR) is 69.9 cm³/mol. The highest BCUT2D eigenvalue weighted by atomic mass is 16.5. The van der Waals surface area contributed by atoms with Crippen molar-refractivity contribution in [2.75, 3.05) is 0 Å². The number of hydrogen-bond donors (Lipinski definition) is 1. The molecule has 3 atom stereocenters. The summed E-state index contributed by atoms with van der Waals surface area (Å²) in [6.45, 7) is 7.76. The van der Waals surface area contributed by atoms with Crippen LogP contribution in [0.4, 0.5) is 0 Å². The summed E-state index contributed by atoms with van der Waals surface area (Å²) in [5, 5.41) is 9.99. The first-order chi connectivity index (χ1) is 8.49. The molecule has 0 amide bonds. The summed E-state index contributed by atoms with van der Waals surface area (Å²) in [6, 6.07) is 0. The van der Waals surface area contributed by atoms with E-state index in [0.29, 0.717) is 12.0 Å². The van der Waals surface area contributed by atoms with E-state index in [0.717, 1.165) is 18.4 Å². The summed E-state index contributed by atoms with van der Waals surface area (Å²) >= 11 is 0. The fraction of sp³-hybridized carbons (Fsp3) is 0.533. The summed E-state index contributed by atoms with van der Waals surface area (Å²) in [4.78, 5) is 11.6. The van der Waals surface area contributed by atoms with Gasteiger partial charge in [0.25, 0.3) is 0 Å². The maximum absolute atomic E-state index is 11.6. The number of carbonyl (C=O) groups excluding carboxylic acids is 1. The van der Waals surface area contributed by atoms with Crippen molar-refractivity contribution < 1.29 is 14.6 Å². The summed E-state index contributed by atoms with van der Waals surface area (Å²) in [7, 11) is 0. The lowest BCUT2D eigenvalue weighted by Crippen LogP contribution is -2.18. The smallest absolute Gasteiger partial charge is 0.334 e. The number of fused-ring (bicyclic) bond motifs is 1. The van der Waals surface area contributed by atoms with Crippen LogP contribution >= 0.6 is 0 Å². The van der Waals surface area contributed by atoms with E-state index in [1.165, 1.54) is 5.57 Å². The minimum absolute atomic E-state index is 0.0427. The molecular weight excluding hydrogens is 228 g/mol. The van der Waals surface area contributed by atoms with Crippen molar-refractivity contribution in [3.05, 3.63) is 35.5 Å². The highest BCUT2D eigenvalue weighted by molar-refractivity contribution is 5.91. The first-order valence-electron chi connectivity index (χ1n) is 6.41. The maximum Gasteiger partial charge on any atom is 0.334 e. The van der Waals surface area contributed by atoms with Crippen LogP contribution in [0.25, 0.3) is 0 Å². The normalized spacial score (nSPS) is 39.2. The molecule has 1 aliphatic heterocycles. The van der Waals surface area contributed by atoms with E-state index in [4.69, 9.17) is 4.74 Å². The molecule has 1 N–H and O–H groups in total. The van der Waals surface area contributed by atoms with Gasteiger partial charge in [0.15, 0.2) is 0 Å². The third kappa shape index (κ3) is 2.56. The Bertz CT molecular complexity index is 431. The number of esters is 1. The topological polar surface area (TPSA) is 46.5 Å². The average molecular weight is 248 g/mol.